The maximum Gasteiger partial charge on any atom is 0.315 e. The van der Waals surface area contributed by atoms with Crippen molar-refractivity contribution in [1.29, 1.82) is 0 Å². The number of carbonyl (C=O) groups is 1. The van der Waals surface area contributed by atoms with Crippen molar-refractivity contribution in [2.24, 2.45) is 0 Å². The third-order valence-corrected chi connectivity index (χ3v) is 3.10. The van der Waals surface area contributed by atoms with E-state index in [0.717, 1.165) is 22.8 Å². The molecule has 0 fully saturated rings. The highest BCUT2D eigenvalue weighted by Crippen LogP contribution is 2.15. The van der Waals surface area contributed by atoms with Gasteiger partial charge < -0.3 is 4.74 Å². The number of esters is 1. The van der Waals surface area contributed by atoms with Crippen LogP contribution in [0.4, 0.5) is 0 Å². The number of thioether (sulfide) groups is 1. The molecule has 88 valence electrons. The Hall–Kier alpha value is -0.670. The van der Waals surface area contributed by atoms with Gasteiger partial charge in [0.1, 0.15) is 0 Å². The van der Waals surface area contributed by atoms with Crippen molar-refractivity contribution in [3.05, 3.63) is 34.9 Å². The van der Waals surface area contributed by atoms with Crippen molar-refractivity contribution in [3.8, 4) is 0 Å². The number of rotatable bonds is 6. The van der Waals surface area contributed by atoms with Gasteiger partial charge in [0, 0.05) is 10.8 Å². The predicted molar refractivity (Wildman–Crippen MR) is 68.9 cm³/mol. The summed E-state index contributed by atoms with van der Waals surface area (Å²) in [6.07, 6.45) is 0.869. The van der Waals surface area contributed by atoms with Crippen LogP contribution in [-0.4, -0.2) is 18.3 Å². The minimum Gasteiger partial charge on any atom is -0.465 e. The molecule has 0 atom stereocenters. The monoisotopic (exact) mass is 258 g/mol. The normalized spacial score (nSPS) is 10.1. The number of hydrogen-bond donors (Lipinski definition) is 0. The second-order valence-electron chi connectivity index (χ2n) is 3.34. The third kappa shape index (κ3) is 5.42. The first-order valence-corrected chi connectivity index (χ1v) is 6.73. The van der Waals surface area contributed by atoms with Gasteiger partial charge in [-0.2, -0.15) is 0 Å². The van der Waals surface area contributed by atoms with Gasteiger partial charge in [0.25, 0.3) is 0 Å². The third-order valence-electron chi connectivity index (χ3n) is 1.87. The van der Waals surface area contributed by atoms with Crippen LogP contribution in [-0.2, 0) is 15.3 Å². The molecule has 0 radical (unpaired) electrons. The highest BCUT2D eigenvalue weighted by atomic mass is 35.5. The first kappa shape index (κ1) is 13.4. The summed E-state index contributed by atoms with van der Waals surface area (Å²) in [7, 11) is 0. The fraction of sp³-hybridized carbons (Fsp3) is 0.417. The molecule has 1 aromatic carbocycles. The van der Waals surface area contributed by atoms with E-state index in [0.29, 0.717) is 12.4 Å². The van der Waals surface area contributed by atoms with E-state index in [1.165, 1.54) is 0 Å². The zero-order chi connectivity index (χ0) is 11.8. The largest absolute Gasteiger partial charge is 0.465 e. The lowest BCUT2D eigenvalue weighted by molar-refractivity contribution is -0.140. The lowest BCUT2D eigenvalue weighted by Gasteiger charge is -2.03. The highest BCUT2D eigenvalue weighted by molar-refractivity contribution is 7.99. The Morgan fingerprint density at radius 2 is 2.06 bits per heavy atom. The van der Waals surface area contributed by atoms with Gasteiger partial charge in [0.15, 0.2) is 0 Å². The number of benzene rings is 1. The molecule has 0 aliphatic heterocycles. The zero-order valence-electron chi connectivity index (χ0n) is 9.24. The molecule has 0 aromatic heterocycles. The van der Waals surface area contributed by atoms with Crippen molar-refractivity contribution in [2.75, 3.05) is 12.4 Å². The van der Waals surface area contributed by atoms with Crippen LogP contribution in [0.2, 0.25) is 5.02 Å². The van der Waals surface area contributed by atoms with Crippen molar-refractivity contribution in [2.45, 2.75) is 19.1 Å². The minimum atomic E-state index is -0.138. The molecular weight excluding hydrogens is 244 g/mol. The van der Waals surface area contributed by atoms with Crippen LogP contribution < -0.4 is 0 Å². The molecule has 0 aliphatic rings. The number of hydrogen-bond acceptors (Lipinski definition) is 3. The number of halogens is 1. The summed E-state index contributed by atoms with van der Waals surface area (Å²) in [4.78, 5) is 11.2. The Bertz CT molecular complexity index is 324. The van der Waals surface area contributed by atoms with Gasteiger partial charge in [0.2, 0.25) is 0 Å². The zero-order valence-corrected chi connectivity index (χ0v) is 10.8. The Kier molecular flexibility index (Phi) is 6.34. The topological polar surface area (TPSA) is 26.3 Å². The van der Waals surface area contributed by atoms with Crippen molar-refractivity contribution >= 4 is 29.3 Å². The van der Waals surface area contributed by atoms with E-state index in [1.54, 1.807) is 11.8 Å². The van der Waals surface area contributed by atoms with Crippen LogP contribution in [0.25, 0.3) is 0 Å². The van der Waals surface area contributed by atoms with E-state index in [2.05, 4.69) is 0 Å². The fourth-order valence-corrected chi connectivity index (χ4v) is 2.00. The molecule has 0 amide bonds. The minimum absolute atomic E-state index is 0.138. The van der Waals surface area contributed by atoms with E-state index in [9.17, 15) is 4.79 Å². The maximum absolute atomic E-state index is 11.2. The molecule has 1 rings (SSSR count). The molecule has 16 heavy (non-hydrogen) atoms. The van der Waals surface area contributed by atoms with Crippen LogP contribution >= 0.6 is 23.4 Å². The van der Waals surface area contributed by atoms with Gasteiger partial charge >= 0.3 is 5.97 Å². The fourth-order valence-electron chi connectivity index (χ4n) is 1.09. The Labute approximate surface area is 105 Å². The Morgan fingerprint density at radius 3 is 2.69 bits per heavy atom. The Morgan fingerprint density at radius 1 is 1.38 bits per heavy atom. The second-order valence-corrected chi connectivity index (χ2v) is 4.76. The van der Waals surface area contributed by atoms with Crippen molar-refractivity contribution in [1.82, 2.24) is 0 Å². The van der Waals surface area contributed by atoms with Crippen LogP contribution in [0, 0.1) is 0 Å². The highest BCUT2D eigenvalue weighted by Gasteiger charge is 2.02. The van der Waals surface area contributed by atoms with Crippen molar-refractivity contribution < 1.29 is 9.53 Å². The summed E-state index contributed by atoms with van der Waals surface area (Å²) in [5.74, 6) is 1.07. The summed E-state index contributed by atoms with van der Waals surface area (Å²) in [5.41, 5.74) is 1.16. The summed E-state index contributed by atoms with van der Waals surface area (Å²) >= 11 is 7.33. The summed E-state index contributed by atoms with van der Waals surface area (Å²) in [6.45, 7) is 2.49. The van der Waals surface area contributed by atoms with Gasteiger partial charge in [0.05, 0.1) is 12.4 Å². The van der Waals surface area contributed by atoms with E-state index in [4.69, 9.17) is 16.3 Å². The lowest BCUT2D eigenvalue weighted by Crippen LogP contribution is -2.07. The molecular formula is C12H15ClO2S. The van der Waals surface area contributed by atoms with Crippen LogP contribution in [0.5, 0.6) is 0 Å². The first-order valence-electron chi connectivity index (χ1n) is 5.20. The second kappa shape index (κ2) is 7.58. The molecule has 2 nitrogen and oxygen atoms in total. The molecule has 0 N–H and O–H groups in total. The molecule has 0 aliphatic carbocycles. The number of ether oxygens (including phenoxy) is 1. The predicted octanol–water partition coefficient (Wildman–Crippen LogP) is 3.53. The molecule has 4 heteroatoms. The standard InChI is InChI=1S/C12H15ClO2S/c1-2-7-15-12(14)9-16-8-10-3-5-11(13)6-4-10/h3-6H,2,7-9H2,1H3. The Balaban J connectivity index is 2.20. The van der Waals surface area contributed by atoms with Crippen molar-refractivity contribution in [3.63, 3.8) is 0 Å². The average Bonchev–Trinajstić information content (AvgIpc) is 2.29. The molecule has 0 heterocycles. The quantitative estimate of drug-likeness (QED) is 0.731. The molecule has 0 bridgehead atoms. The van der Waals surface area contributed by atoms with Crippen LogP contribution in [0.15, 0.2) is 24.3 Å². The van der Waals surface area contributed by atoms with E-state index in [1.807, 2.05) is 31.2 Å². The summed E-state index contributed by atoms with van der Waals surface area (Å²) < 4.78 is 4.97. The molecule has 0 spiro atoms. The molecule has 0 saturated carbocycles. The van der Waals surface area contributed by atoms with E-state index in [-0.39, 0.29) is 5.97 Å². The van der Waals surface area contributed by atoms with Gasteiger partial charge in [-0.3, -0.25) is 4.79 Å². The van der Waals surface area contributed by atoms with Crippen LogP contribution in [0.3, 0.4) is 0 Å². The van der Waals surface area contributed by atoms with E-state index < -0.39 is 0 Å². The van der Waals surface area contributed by atoms with Gasteiger partial charge in [-0.05, 0) is 24.1 Å². The number of carbonyl (C=O) groups excluding carboxylic acids is 1. The molecule has 1 aromatic rings. The smallest absolute Gasteiger partial charge is 0.315 e. The summed E-state index contributed by atoms with van der Waals surface area (Å²) in [5, 5.41) is 0.733. The van der Waals surface area contributed by atoms with E-state index >= 15 is 0 Å². The molecule has 0 saturated heterocycles. The average molecular weight is 259 g/mol. The SMILES string of the molecule is CCCOC(=O)CSCc1ccc(Cl)cc1. The molecule has 0 unspecified atom stereocenters. The van der Waals surface area contributed by atoms with Crippen LogP contribution in [0.1, 0.15) is 18.9 Å². The lowest BCUT2D eigenvalue weighted by atomic mass is 10.2. The summed E-state index contributed by atoms with van der Waals surface area (Å²) in [6, 6.07) is 7.64. The van der Waals surface area contributed by atoms with Gasteiger partial charge in [-0.1, -0.05) is 30.7 Å². The maximum atomic E-state index is 11.2. The van der Waals surface area contributed by atoms with Gasteiger partial charge in [-0.15, -0.1) is 11.8 Å². The first-order chi connectivity index (χ1) is 7.72. The van der Waals surface area contributed by atoms with Gasteiger partial charge in [-0.25, -0.2) is 0 Å².